The number of benzene rings is 1. The standard InChI is InChI=1S/C15H18N2O4/c1-10(2)7-13(15(19)20)17-14(18)9-21-12-5-3-11(8-16)4-6-12/h3-6,10,13H,7,9H2,1-2H3,(H,17,18)(H,19,20). The van der Waals surface area contributed by atoms with E-state index in [4.69, 9.17) is 15.1 Å². The van der Waals surface area contributed by atoms with E-state index in [0.29, 0.717) is 17.7 Å². The molecule has 6 nitrogen and oxygen atoms in total. The summed E-state index contributed by atoms with van der Waals surface area (Å²) in [6.07, 6.45) is 0.359. The Kier molecular flexibility index (Phi) is 6.21. The quantitative estimate of drug-likeness (QED) is 0.793. The molecule has 0 radical (unpaired) electrons. The van der Waals surface area contributed by atoms with E-state index in [0.717, 1.165) is 0 Å². The molecule has 1 atom stereocenters. The second-order valence-electron chi connectivity index (χ2n) is 5.01. The largest absolute Gasteiger partial charge is 0.484 e. The van der Waals surface area contributed by atoms with Crippen molar-refractivity contribution >= 4 is 11.9 Å². The maximum atomic E-state index is 11.7. The molecule has 1 rings (SSSR count). The van der Waals surface area contributed by atoms with Gasteiger partial charge in [0.25, 0.3) is 5.91 Å². The summed E-state index contributed by atoms with van der Waals surface area (Å²) in [5.74, 6) is -0.950. The van der Waals surface area contributed by atoms with Crippen molar-refractivity contribution in [3.8, 4) is 11.8 Å². The molecule has 1 aromatic rings. The number of hydrogen-bond acceptors (Lipinski definition) is 4. The second-order valence-corrected chi connectivity index (χ2v) is 5.01. The van der Waals surface area contributed by atoms with Crippen LogP contribution in [0.2, 0.25) is 0 Å². The Morgan fingerprint density at radius 2 is 1.95 bits per heavy atom. The SMILES string of the molecule is CC(C)CC(NC(=O)COc1ccc(C#N)cc1)C(=O)O. The second kappa shape index (κ2) is 7.90. The molecular formula is C15H18N2O4. The fraction of sp³-hybridized carbons (Fsp3) is 0.400. The van der Waals surface area contributed by atoms with Crippen molar-refractivity contribution in [1.29, 1.82) is 5.26 Å². The molecule has 1 aromatic carbocycles. The normalized spacial score (nSPS) is 11.5. The van der Waals surface area contributed by atoms with Gasteiger partial charge in [0.1, 0.15) is 11.8 Å². The third-order valence-corrected chi connectivity index (χ3v) is 2.69. The molecule has 0 saturated carbocycles. The van der Waals surface area contributed by atoms with E-state index >= 15 is 0 Å². The molecule has 1 amide bonds. The van der Waals surface area contributed by atoms with Gasteiger partial charge in [0.2, 0.25) is 0 Å². The number of aliphatic carboxylic acids is 1. The van der Waals surface area contributed by atoms with Crippen LogP contribution in [0.5, 0.6) is 5.75 Å². The van der Waals surface area contributed by atoms with Crippen LogP contribution < -0.4 is 10.1 Å². The number of hydrogen-bond donors (Lipinski definition) is 2. The van der Waals surface area contributed by atoms with Gasteiger partial charge in [-0.2, -0.15) is 5.26 Å². The Morgan fingerprint density at radius 1 is 1.33 bits per heavy atom. The summed E-state index contributed by atoms with van der Waals surface area (Å²) >= 11 is 0. The topological polar surface area (TPSA) is 99.4 Å². The van der Waals surface area contributed by atoms with Crippen LogP contribution in [0.15, 0.2) is 24.3 Å². The molecule has 1 unspecified atom stereocenters. The lowest BCUT2D eigenvalue weighted by molar-refractivity contribution is -0.142. The summed E-state index contributed by atoms with van der Waals surface area (Å²) in [6.45, 7) is 3.50. The predicted molar refractivity (Wildman–Crippen MR) is 75.7 cm³/mol. The number of nitriles is 1. The van der Waals surface area contributed by atoms with Crippen LogP contribution in [0.4, 0.5) is 0 Å². The zero-order valence-electron chi connectivity index (χ0n) is 12.0. The van der Waals surface area contributed by atoms with E-state index in [9.17, 15) is 9.59 Å². The third-order valence-electron chi connectivity index (χ3n) is 2.69. The van der Waals surface area contributed by atoms with Crippen molar-refractivity contribution < 1.29 is 19.4 Å². The summed E-state index contributed by atoms with van der Waals surface area (Å²) in [6, 6.07) is 7.37. The van der Waals surface area contributed by atoms with Crippen molar-refractivity contribution in [2.24, 2.45) is 5.92 Å². The molecule has 0 aliphatic rings. The summed E-state index contributed by atoms with van der Waals surface area (Å²) in [7, 11) is 0. The first kappa shape index (κ1) is 16.5. The van der Waals surface area contributed by atoms with Gasteiger partial charge in [0, 0.05) is 0 Å². The minimum absolute atomic E-state index is 0.158. The van der Waals surface area contributed by atoms with Crippen molar-refractivity contribution in [2.45, 2.75) is 26.3 Å². The molecule has 0 spiro atoms. The number of ether oxygens (including phenoxy) is 1. The molecule has 0 fully saturated rings. The lowest BCUT2D eigenvalue weighted by Crippen LogP contribution is -2.43. The molecule has 0 heterocycles. The lowest BCUT2D eigenvalue weighted by Gasteiger charge is -2.16. The molecule has 21 heavy (non-hydrogen) atoms. The summed E-state index contributed by atoms with van der Waals surface area (Å²) in [5.41, 5.74) is 0.495. The van der Waals surface area contributed by atoms with Crippen LogP contribution in [0.25, 0.3) is 0 Å². The maximum Gasteiger partial charge on any atom is 0.326 e. The summed E-state index contributed by atoms with van der Waals surface area (Å²) in [4.78, 5) is 22.7. The van der Waals surface area contributed by atoms with Crippen molar-refractivity contribution in [1.82, 2.24) is 5.32 Å². The van der Waals surface area contributed by atoms with Crippen LogP contribution in [0.3, 0.4) is 0 Å². The van der Waals surface area contributed by atoms with Crippen LogP contribution >= 0.6 is 0 Å². The third kappa shape index (κ3) is 5.95. The lowest BCUT2D eigenvalue weighted by atomic mass is 10.0. The maximum absolute atomic E-state index is 11.7. The monoisotopic (exact) mass is 290 g/mol. The van der Waals surface area contributed by atoms with E-state index in [1.807, 2.05) is 19.9 Å². The highest BCUT2D eigenvalue weighted by Gasteiger charge is 2.21. The first-order valence-corrected chi connectivity index (χ1v) is 6.57. The van der Waals surface area contributed by atoms with Gasteiger partial charge in [-0.05, 0) is 36.6 Å². The van der Waals surface area contributed by atoms with E-state index < -0.39 is 17.9 Å². The van der Waals surface area contributed by atoms with E-state index in [2.05, 4.69) is 5.32 Å². The van der Waals surface area contributed by atoms with Crippen molar-refractivity contribution in [2.75, 3.05) is 6.61 Å². The highest BCUT2D eigenvalue weighted by atomic mass is 16.5. The average Bonchev–Trinajstić information content (AvgIpc) is 2.44. The van der Waals surface area contributed by atoms with Gasteiger partial charge >= 0.3 is 5.97 Å². The van der Waals surface area contributed by atoms with Crippen molar-refractivity contribution in [3.05, 3.63) is 29.8 Å². The van der Waals surface area contributed by atoms with Crippen molar-refractivity contribution in [3.63, 3.8) is 0 Å². The zero-order chi connectivity index (χ0) is 15.8. The summed E-state index contributed by atoms with van der Waals surface area (Å²) in [5, 5.41) is 20.1. The van der Waals surface area contributed by atoms with Crippen LogP contribution in [-0.2, 0) is 9.59 Å². The number of rotatable bonds is 7. The fourth-order valence-electron chi connectivity index (χ4n) is 1.70. The number of carboxylic acid groups (broad SMARTS) is 1. The number of carboxylic acids is 1. The number of amides is 1. The van der Waals surface area contributed by atoms with Gasteiger partial charge < -0.3 is 15.2 Å². The molecule has 0 bridgehead atoms. The van der Waals surface area contributed by atoms with E-state index in [1.165, 1.54) is 0 Å². The Labute approximate surface area is 123 Å². The fourth-order valence-corrected chi connectivity index (χ4v) is 1.70. The first-order chi connectivity index (χ1) is 9.92. The van der Waals surface area contributed by atoms with Gasteiger partial charge in [-0.25, -0.2) is 4.79 Å². The Balaban J connectivity index is 2.48. The van der Waals surface area contributed by atoms with Crippen LogP contribution in [0.1, 0.15) is 25.8 Å². The number of nitrogens with one attached hydrogen (secondary N) is 1. The zero-order valence-corrected chi connectivity index (χ0v) is 12.0. The van der Waals surface area contributed by atoms with E-state index in [1.54, 1.807) is 24.3 Å². The minimum Gasteiger partial charge on any atom is -0.484 e. The molecule has 6 heteroatoms. The average molecular weight is 290 g/mol. The van der Waals surface area contributed by atoms with Gasteiger partial charge in [-0.15, -0.1) is 0 Å². The van der Waals surface area contributed by atoms with Gasteiger partial charge in [0.15, 0.2) is 6.61 Å². The Morgan fingerprint density at radius 3 is 2.43 bits per heavy atom. The first-order valence-electron chi connectivity index (χ1n) is 6.57. The van der Waals surface area contributed by atoms with Gasteiger partial charge in [0.05, 0.1) is 11.6 Å². The molecule has 112 valence electrons. The Bertz CT molecular complexity index is 532. The molecule has 0 aliphatic carbocycles. The minimum atomic E-state index is -1.06. The van der Waals surface area contributed by atoms with Crippen LogP contribution in [0, 0.1) is 17.2 Å². The smallest absolute Gasteiger partial charge is 0.326 e. The number of nitrogens with zero attached hydrogens (tertiary/aromatic N) is 1. The van der Waals surface area contributed by atoms with Crippen LogP contribution in [-0.4, -0.2) is 29.6 Å². The molecular weight excluding hydrogens is 272 g/mol. The predicted octanol–water partition coefficient (Wildman–Crippen LogP) is 1.55. The number of carbonyl (C=O) groups is 2. The number of carbonyl (C=O) groups excluding carboxylic acids is 1. The molecule has 0 saturated heterocycles. The molecule has 0 aromatic heterocycles. The molecule has 0 aliphatic heterocycles. The Hall–Kier alpha value is -2.55. The van der Waals surface area contributed by atoms with E-state index in [-0.39, 0.29) is 12.5 Å². The highest BCUT2D eigenvalue weighted by Crippen LogP contribution is 2.11. The van der Waals surface area contributed by atoms with Gasteiger partial charge in [-0.3, -0.25) is 4.79 Å². The summed E-state index contributed by atoms with van der Waals surface area (Å²) < 4.78 is 5.24. The highest BCUT2D eigenvalue weighted by molar-refractivity contribution is 5.84. The van der Waals surface area contributed by atoms with Gasteiger partial charge in [-0.1, -0.05) is 13.8 Å². The molecule has 2 N–H and O–H groups in total.